The van der Waals surface area contributed by atoms with Gasteiger partial charge in [0.1, 0.15) is 5.75 Å². The molecule has 0 radical (unpaired) electrons. The van der Waals surface area contributed by atoms with Crippen molar-refractivity contribution in [3.8, 4) is 5.75 Å². The summed E-state index contributed by atoms with van der Waals surface area (Å²) in [6.45, 7) is 5.84. The summed E-state index contributed by atoms with van der Waals surface area (Å²) in [5.41, 5.74) is 5.56. The molecule has 34 heavy (non-hydrogen) atoms. The average Bonchev–Trinajstić information content (AvgIpc) is 3.08. The first-order valence-electron chi connectivity index (χ1n) is 10.7. The van der Waals surface area contributed by atoms with Gasteiger partial charge in [0.15, 0.2) is 10.9 Å². The van der Waals surface area contributed by atoms with Crippen molar-refractivity contribution in [3.63, 3.8) is 0 Å². The molecule has 0 unspecified atom stereocenters. The number of rotatable bonds is 6. The molecule has 3 aromatic rings. The van der Waals surface area contributed by atoms with Crippen molar-refractivity contribution in [2.45, 2.75) is 20.8 Å². The lowest BCUT2D eigenvalue weighted by molar-refractivity contribution is -0.118. The lowest BCUT2D eigenvalue weighted by atomic mass is 10.1. The first kappa shape index (κ1) is 23.7. The van der Waals surface area contributed by atoms with Crippen LogP contribution in [0, 0.1) is 20.8 Å². The first-order valence-corrected chi connectivity index (χ1v) is 12.0. The molecule has 0 bridgehead atoms. The van der Waals surface area contributed by atoms with E-state index in [4.69, 9.17) is 17.0 Å². The van der Waals surface area contributed by atoms with Gasteiger partial charge >= 0.3 is 0 Å². The molecule has 1 fully saturated rings. The molecule has 1 heterocycles. The summed E-state index contributed by atoms with van der Waals surface area (Å²) in [7, 11) is 0. The lowest BCUT2D eigenvalue weighted by Crippen LogP contribution is -2.27. The van der Waals surface area contributed by atoms with Gasteiger partial charge < -0.3 is 10.1 Å². The van der Waals surface area contributed by atoms with Gasteiger partial charge in [-0.1, -0.05) is 71.5 Å². The number of amides is 2. The number of carbonyl (C=O) groups is 2. The number of hydrogen-bond donors (Lipinski definition) is 1. The van der Waals surface area contributed by atoms with Gasteiger partial charge in [-0.15, -0.1) is 0 Å². The summed E-state index contributed by atoms with van der Waals surface area (Å²) in [4.78, 5) is 27.4. The maximum atomic E-state index is 13.0. The van der Waals surface area contributed by atoms with Crippen LogP contribution in [0.15, 0.2) is 71.6 Å². The van der Waals surface area contributed by atoms with Crippen LogP contribution in [0.4, 0.5) is 11.4 Å². The number of thiocarbonyl (C=S) groups is 1. The van der Waals surface area contributed by atoms with Crippen LogP contribution in [0.25, 0.3) is 6.08 Å². The van der Waals surface area contributed by atoms with Gasteiger partial charge in [0, 0.05) is 5.69 Å². The molecular weight excluding hydrogens is 464 g/mol. The highest BCUT2D eigenvalue weighted by Crippen LogP contribution is 2.36. The predicted octanol–water partition coefficient (Wildman–Crippen LogP) is 6.04. The van der Waals surface area contributed by atoms with Crippen molar-refractivity contribution in [1.82, 2.24) is 0 Å². The Morgan fingerprint density at radius 2 is 1.76 bits per heavy atom. The number of hydrogen-bond acceptors (Lipinski definition) is 5. The van der Waals surface area contributed by atoms with E-state index in [0.717, 1.165) is 33.6 Å². The fourth-order valence-corrected chi connectivity index (χ4v) is 4.82. The molecule has 1 saturated heterocycles. The van der Waals surface area contributed by atoms with E-state index >= 15 is 0 Å². The second-order valence-corrected chi connectivity index (χ2v) is 9.76. The third kappa shape index (κ3) is 5.55. The maximum absolute atomic E-state index is 13.0. The van der Waals surface area contributed by atoms with E-state index in [0.29, 0.717) is 15.0 Å². The molecule has 1 N–H and O–H groups in total. The largest absolute Gasteiger partial charge is 0.484 e. The van der Waals surface area contributed by atoms with E-state index in [2.05, 4.69) is 5.32 Å². The zero-order chi connectivity index (χ0) is 24.2. The molecule has 2 amide bonds. The highest BCUT2D eigenvalue weighted by molar-refractivity contribution is 8.27. The minimum atomic E-state index is -0.240. The summed E-state index contributed by atoms with van der Waals surface area (Å²) in [6, 6.07) is 20.8. The Hall–Kier alpha value is -3.42. The SMILES string of the molecule is Cc1ccc(N2C(=O)/C(=C/c3cccc(OCC(=O)Nc4ccc(C)cc4C)c3)SC2=S)cc1. The molecule has 0 aromatic heterocycles. The fraction of sp³-hybridized carbons (Fsp3) is 0.148. The predicted molar refractivity (Wildman–Crippen MR) is 143 cm³/mol. The molecule has 0 spiro atoms. The monoisotopic (exact) mass is 488 g/mol. The van der Waals surface area contributed by atoms with Gasteiger partial charge in [-0.2, -0.15) is 0 Å². The Morgan fingerprint density at radius 3 is 2.50 bits per heavy atom. The smallest absolute Gasteiger partial charge is 0.270 e. The number of anilines is 2. The maximum Gasteiger partial charge on any atom is 0.270 e. The van der Waals surface area contributed by atoms with Gasteiger partial charge in [-0.05, 0) is 68.3 Å². The summed E-state index contributed by atoms with van der Waals surface area (Å²) >= 11 is 6.72. The number of nitrogens with one attached hydrogen (secondary N) is 1. The second kappa shape index (κ2) is 10.2. The molecule has 1 aliphatic rings. The zero-order valence-corrected chi connectivity index (χ0v) is 20.8. The molecule has 0 aliphatic carbocycles. The Bertz CT molecular complexity index is 1300. The summed E-state index contributed by atoms with van der Waals surface area (Å²) in [5.74, 6) is 0.146. The van der Waals surface area contributed by atoms with Crippen LogP contribution in [-0.2, 0) is 9.59 Å². The van der Waals surface area contributed by atoms with Crippen LogP contribution in [0.5, 0.6) is 5.75 Å². The van der Waals surface area contributed by atoms with Crippen LogP contribution >= 0.6 is 24.0 Å². The van der Waals surface area contributed by atoms with E-state index in [1.165, 1.54) is 11.8 Å². The van der Waals surface area contributed by atoms with Crippen LogP contribution in [0.2, 0.25) is 0 Å². The van der Waals surface area contributed by atoms with Crippen molar-refractivity contribution in [2.75, 3.05) is 16.8 Å². The Morgan fingerprint density at radius 1 is 1.03 bits per heavy atom. The van der Waals surface area contributed by atoms with Crippen molar-refractivity contribution in [2.24, 2.45) is 0 Å². The van der Waals surface area contributed by atoms with Crippen LogP contribution in [0.1, 0.15) is 22.3 Å². The molecule has 3 aromatic carbocycles. The van der Waals surface area contributed by atoms with E-state index in [1.54, 1.807) is 23.1 Å². The second-order valence-electron chi connectivity index (χ2n) is 8.08. The number of nitrogens with zero attached hydrogens (tertiary/aromatic N) is 1. The highest BCUT2D eigenvalue weighted by Gasteiger charge is 2.33. The van der Waals surface area contributed by atoms with E-state index in [1.807, 2.05) is 75.4 Å². The molecule has 1 aliphatic heterocycles. The zero-order valence-electron chi connectivity index (χ0n) is 19.1. The summed E-state index contributed by atoms with van der Waals surface area (Å²) in [5, 5.41) is 2.87. The molecule has 7 heteroatoms. The highest BCUT2D eigenvalue weighted by atomic mass is 32.2. The standard InChI is InChI=1S/C27H24N2O3S2/c1-17-7-10-21(11-8-17)29-26(31)24(34-27(29)33)15-20-5-4-6-22(14-20)32-16-25(30)28-23-12-9-18(2)13-19(23)3/h4-15H,16H2,1-3H3,(H,28,30)/b24-15-. The first-order chi connectivity index (χ1) is 16.3. The molecule has 5 nitrogen and oxygen atoms in total. The third-order valence-corrected chi connectivity index (χ3v) is 6.57. The fourth-order valence-electron chi connectivity index (χ4n) is 3.52. The van der Waals surface area contributed by atoms with Crippen molar-refractivity contribution in [1.29, 1.82) is 0 Å². The summed E-state index contributed by atoms with van der Waals surface area (Å²) in [6.07, 6.45) is 1.79. The third-order valence-electron chi connectivity index (χ3n) is 5.27. The molecule has 4 rings (SSSR count). The van der Waals surface area contributed by atoms with Crippen molar-refractivity contribution in [3.05, 3.63) is 93.9 Å². The van der Waals surface area contributed by atoms with Crippen molar-refractivity contribution >= 4 is 57.6 Å². The average molecular weight is 489 g/mol. The molecule has 0 saturated carbocycles. The summed E-state index contributed by atoms with van der Waals surface area (Å²) < 4.78 is 6.19. The van der Waals surface area contributed by atoms with Gasteiger partial charge in [0.05, 0.1) is 10.6 Å². The number of benzene rings is 3. The topological polar surface area (TPSA) is 58.6 Å². The van der Waals surface area contributed by atoms with Crippen LogP contribution < -0.4 is 15.0 Å². The van der Waals surface area contributed by atoms with Crippen LogP contribution in [0.3, 0.4) is 0 Å². The lowest BCUT2D eigenvalue weighted by Gasteiger charge is -2.14. The Kier molecular flexibility index (Phi) is 7.14. The van der Waals surface area contributed by atoms with E-state index in [9.17, 15) is 9.59 Å². The van der Waals surface area contributed by atoms with Crippen LogP contribution in [-0.4, -0.2) is 22.7 Å². The number of ether oxygens (including phenoxy) is 1. The Balaban J connectivity index is 1.42. The molecule has 172 valence electrons. The van der Waals surface area contributed by atoms with Gasteiger partial charge in [-0.25, -0.2) is 0 Å². The van der Waals surface area contributed by atoms with Gasteiger partial charge in [0.25, 0.3) is 11.8 Å². The quantitative estimate of drug-likeness (QED) is 0.339. The number of thioether (sulfide) groups is 1. The van der Waals surface area contributed by atoms with E-state index < -0.39 is 0 Å². The Labute approximate surface area is 208 Å². The number of carbonyl (C=O) groups excluding carboxylic acids is 2. The normalized spacial score (nSPS) is 14.6. The van der Waals surface area contributed by atoms with Crippen molar-refractivity contribution < 1.29 is 14.3 Å². The van der Waals surface area contributed by atoms with Gasteiger partial charge in [0.2, 0.25) is 0 Å². The van der Waals surface area contributed by atoms with Gasteiger partial charge in [-0.3, -0.25) is 14.5 Å². The molecule has 0 atom stereocenters. The minimum absolute atomic E-state index is 0.119. The van der Waals surface area contributed by atoms with E-state index in [-0.39, 0.29) is 18.4 Å². The number of aryl methyl sites for hydroxylation is 3. The molecular formula is C27H24N2O3S2. The minimum Gasteiger partial charge on any atom is -0.484 e.